The Balaban J connectivity index is 2.24. The third-order valence-corrected chi connectivity index (χ3v) is 3.12. The number of ketones is 1. The Morgan fingerprint density at radius 1 is 1.38 bits per heavy atom. The molecule has 2 aromatic rings. The predicted molar refractivity (Wildman–Crippen MR) is 66.5 cm³/mol. The molecule has 0 aliphatic rings. The van der Waals surface area contributed by atoms with E-state index in [9.17, 15) is 4.79 Å². The Hall–Kier alpha value is -1.57. The molecule has 16 heavy (non-hydrogen) atoms. The number of fused-ring (bicyclic) bond motifs is 1. The molecule has 2 nitrogen and oxygen atoms in total. The van der Waals surface area contributed by atoms with Crippen LogP contribution < -0.4 is 0 Å². The van der Waals surface area contributed by atoms with Crippen molar-refractivity contribution in [1.29, 1.82) is 0 Å². The molecule has 0 bridgehead atoms. The summed E-state index contributed by atoms with van der Waals surface area (Å²) in [5.41, 5.74) is 2.30. The molecule has 1 N–H and O–H groups in total. The molecule has 0 amide bonds. The van der Waals surface area contributed by atoms with Crippen LogP contribution in [0.2, 0.25) is 0 Å². The predicted octanol–water partition coefficient (Wildman–Crippen LogP) is 3.33. The van der Waals surface area contributed by atoms with Crippen LogP contribution in [-0.2, 0) is 11.2 Å². The molecule has 1 aromatic carbocycles. The number of hydrogen-bond acceptors (Lipinski definition) is 1. The van der Waals surface area contributed by atoms with E-state index in [4.69, 9.17) is 0 Å². The number of para-hydroxylation sites is 1. The van der Waals surface area contributed by atoms with Gasteiger partial charge in [-0.1, -0.05) is 25.1 Å². The molecule has 0 unspecified atom stereocenters. The van der Waals surface area contributed by atoms with Crippen molar-refractivity contribution in [3.63, 3.8) is 0 Å². The summed E-state index contributed by atoms with van der Waals surface area (Å²) in [7, 11) is 0. The van der Waals surface area contributed by atoms with E-state index in [0.29, 0.717) is 0 Å². The molecule has 1 atom stereocenters. The standard InChI is InChI=1S/C14H17NO/c1-3-11(10(2)16)8-13-9-12-6-4-5-7-14(12)15-13/h4-7,9,11,15H,3,8H2,1-2H3/t11-/m0/s1. The molecule has 0 saturated heterocycles. The molecule has 1 aromatic heterocycles. The average molecular weight is 215 g/mol. The number of carbonyl (C=O) groups is 1. The van der Waals surface area contributed by atoms with Gasteiger partial charge in [0.2, 0.25) is 0 Å². The zero-order chi connectivity index (χ0) is 11.5. The number of carbonyl (C=O) groups excluding carboxylic acids is 1. The molecule has 84 valence electrons. The number of hydrogen-bond donors (Lipinski definition) is 1. The third-order valence-electron chi connectivity index (χ3n) is 3.12. The van der Waals surface area contributed by atoms with E-state index in [-0.39, 0.29) is 11.7 Å². The number of aromatic amines is 1. The van der Waals surface area contributed by atoms with Crippen molar-refractivity contribution in [1.82, 2.24) is 4.98 Å². The van der Waals surface area contributed by atoms with Gasteiger partial charge in [-0.3, -0.25) is 4.79 Å². The topological polar surface area (TPSA) is 32.9 Å². The maximum absolute atomic E-state index is 11.4. The van der Waals surface area contributed by atoms with Crippen molar-refractivity contribution in [3.8, 4) is 0 Å². The molecule has 0 radical (unpaired) electrons. The highest BCUT2D eigenvalue weighted by Crippen LogP contribution is 2.18. The zero-order valence-electron chi connectivity index (χ0n) is 9.79. The number of H-pyrrole nitrogens is 1. The number of benzene rings is 1. The lowest BCUT2D eigenvalue weighted by molar-refractivity contribution is -0.120. The molecule has 0 saturated carbocycles. The zero-order valence-corrected chi connectivity index (χ0v) is 9.79. The van der Waals surface area contributed by atoms with E-state index in [2.05, 4.69) is 30.1 Å². The highest BCUT2D eigenvalue weighted by atomic mass is 16.1. The lowest BCUT2D eigenvalue weighted by atomic mass is 9.96. The molecule has 0 spiro atoms. The molecule has 2 heteroatoms. The SMILES string of the molecule is CC[C@@H](Cc1cc2ccccc2[nH]1)C(C)=O. The van der Waals surface area contributed by atoms with E-state index in [1.54, 1.807) is 6.92 Å². The molecule has 0 fully saturated rings. The van der Waals surface area contributed by atoms with E-state index in [0.717, 1.165) is 24.1 Å². The van der Waals surface area contributed by atoms with Crippen LogP contribution in [0.1, 0.15) is 26.0 Å². The first-order chi connectivity index (χ1) is 7.70. The Bertz CT molecular complexity index is 465. The summed E-state index contributed by atoms with van der Waals surface area (Å²) in [4.78, 5) is 14.7. The maximum Gasteiger partial charge on any atom is 0.133 e. The Kier molecular flexibility index (Phi) is 3.09. The second kappa shape index (κ2) is 4.52. The fraction of sp³-hybridized carbons (Fsp3) is 0.357. The molecular formula is C14H17NO. The van der Waals surface area contributed by atoms with Gasteiger partial charge in [0.15, 0.2) is 0 Å². The highest BCUT2D eigenvalue weighted by Gasteiger charge is 2.13. The summed E-state index contributed by atoms with van der Waals surface area (Å²) >= 11 is 0. The fourth-order valence-corrected chi connectivity index (χ4v) is 2.08. The Morgan fingerprint density at radius 3 is 2.75 bits per heavy atom. The second-order valence-electron chi connectivity index (χ2n) is 4.30. The molecular weight excluding hydrogens is 198 g/mol. The maximum atomic E-state index is 11.4. The van der Waals surface area contributed by atoms with Crippen molar-refractivity contribution in [2.45, 2.75) is 26.7 Å². The monoisotopic (exact) mass is 215 g/mol. The van der Waals surface area contributed by atoms with Gasteiger partial charge in [-0.05, 0) is 37.3 Å². The summed E-state index contributed by atoms with van der Waals surface area (Å²) in [5.74, 6) is 0.425. The molecule has 0 aliphatic carbocycles. The lowest BCUT2D eigenvalue weighted by Gasteiger charge is -2.08. The van der Waals surface area contributed by atoms with Crippen LogP contribution >= 0.6 is 0 Å². The van der Waals surface area contributed by atoms with Gasteiger partial charge in [-0.2, -0.15) is 0 Å². The van der Waals surface area contributed by atoms with Gasteiger partial charge < -0.3 is 4.98 Å². The first-order valence-corrected chi connectivity index (χ1v) is 5.77. The van der Waals surface area contributed by atoms with Crippen LogP contribution in [0.4, 0.5) is 0 Å². The van der Waals surface area contributed by atoms with Gasteiger partial charge in [-0.25, -0.2) is 0 Å². The lowest BCUT2D eigenvalue weighted by Crippen LogP contribution is -2.12. The summed E-state index contributed by atoms with van der Waals surface area (Å²) in [6.07, 6.45) is 1.73. The van der Waals surface area contributed by atoms with Crippen LogP contribution in [0.3, 0.4) is 0 Å². The molecule has 2 rings (SSSR count). The van der Waals surface area contributed by atoms with Crippen molar-refractivity contribution < 1.29 is 4.79 Å². The van der Waals surface area contributed by atoms with Crippen LogP contribution in [0, 0.1) is 5.92 Å². The quantitative estimate of drug-likeness (QED) is 0.833. The van der Waals surface area contributed by atoms with E-state index < -0.39 is 0 Å². The van der Waals surface area contributed by atoms with Crippen LogP contribution in [-0.4, -0.2) is 10.8 Å². The van der Waals surface area contributed by atoms with E-state index in [1.165, 1.54) is 5.39 Å². The second-order valence-corrected chi connectivity index (χ2v) is 4.30. The Labute approximate surface area is 95.7 Å². The average Bonchev–Trinajstić information content (AvgIpc) is 2.67. The minimum atomic E-state index is 0.146. The molecule has 1 heterocycles. The normalized spacial score (nSPS) is 12.9. The summed E-state index contributed by atoms with van der Waals surface area (Å²) in [6.45, 7) is 3.74. The Morgan fingerprint density at radius 2 is 2.12 bits per heavy atom. The molecule has 0 aliphatic heterocycles. The van der Waals surface area contributed by atoms with Crippen molar-refractivity contribution in [2.75, 3.05) is 0 Å². The number of Topliss-reactive ketones (excluding diaryl/α,β-unsaturated/α-hetero) is 1. The minimum Gasteiger partial charge on any atom is -0.358 e. The first-order valence-electron chi connectivity index (χ1n) is 5.77. The van der Waals surface area contributed by atoms with E-state index in [1.807, 2.05) is 12.1 Å². The van der Waals surface area contributed by atoms with Crippen LogP contribution in [0.25, 0.3) is 10.9 Å². The van der Waals surface area contributed by atoms with Gasteiger partial charge in [0.1, 0.15) is 5.78 Å². The fourth-order valence-electron chi connectivity index (χ4n) is 2.08. The van der Waals surface area contributed by atoms with Gasteiger partial charge >= 0.3 is 0 Å². The summed E-state index contributed by atoms with van der Waals surface area (Å²) in [5, 5.41) is 1.22. The van der Waals surface area contributed by atoms with Crippen molar-refractivity contribution in [3.05, 3.63) is 36.0 Å². The highest BCUT2D eigenvalue weighted by molar-refractivity contribution is 5.81. The number of rotatable bonds is 4. The smallest absolute Gasteiger partial charge is 0.133 e. The largest absolute Gasteiger partial charge is 0.358 e. The third kappa shape index (κ3) is 2.16. The van der Waals surface area contributed by atoms with Gasteiger partial charge in [0, 0.05) is 17.1 Å². The summed E-state index contributed by atoms with van der Waals surface area (Å²) in [6, 6.07) is 10.3. The van der Waals surface area contributed by atoms with Crippen molar-refractivity contribution >= 4 is 16.7 Å². The van der Waals surface area contributed by atoms with Gasteiger partial charge in [0.25, 0.3) is 0 Å². The van der Waals surface area contributed by atoms with Crippen LogP contribution in [0.15, 0.2) is 30.3 Å². The first kappa shape index (κ1) is 10.9. The van der Waals surface area contributed by atoms with Gasteiger partial charge in [0.05, 0.1) is 0 Å². The van der Waals surface area contributed by atoms with Crippen LogP contribution in [0.5, 0.6) is 0 Å². The number of nitrogens with one attached hydrogen (secondary N) is 1. The summed E-state index contributed by atoms with van der Waals surface area (Å²) < 4.78 is 0. The minimum absolute atomic E-state index is 0.146. The van der Waals surface area contributed by atoms with Crippen molar-refractivity contribution in [2.24, 2.45) is 5.92 Å². The van der Waals surface area contributed by atoms with Gasteiger partial charge in [-0.15, -0.1) is 0 Å². The van der Waals surface area contributed by atoms with E-state index >= 15 is 0 Å². The number of aromatic nitrogens is 1.